The number of aryl methyl sites for hydroxylation is 1. The van der Waals surface area contributed by atoms with Gasteiger partial charge in [0.15, 0.2) is 5.96 Å². The molecule has 0 spiro atoms. The first kappa shape index (κ1) is 19.0. The number of nitrogens with zero attached hydrogens (tertiary/aromatic N) is 3. The summed E-state index contributed by atoms with van der Waals surface area (Å²) in [6, 6.07) is 4.12. The van der Waals surface area contributed by atoms with Gasteiger partial charge in [-0.3, -0.25) is 9.67 Å². The van der Waals surface area contributed by atoms with Crippen LogP contribution in [-0.2, 0) is 6.54 Å². The first-order valence-corrected chi connectivity index (χ1v) is 8.18. The van der Waals surface area contributed by atoms with E-state index in [-0.39, 0.29) is 24.0 Å². The van der Waals surface area contributed by atoms with Crippen LogP contribution in [0.5, 0.6) is 0 Å². The molecular formula is C15H24IN5S. The van der Waals surface area contributed by atoms with Crippen LogP contribution in [0.1, 0.15) is 24.8 Å². The molecule has 0 amide bonds. The maximum Gasteiger partial charge on any atom is 0.190 e. The lowest BCUT2D eigenvalue weighted by Gasteiger charge is -2.15. The fraction of sp³-hybridized carbons (Fsp3) is 0.467. The van der Waals surface area contributed by atoms with Gasteiger partial charge in [-0.15, -0.1) is 24.0 Å². The molecule has 2 aromatic heterocycles. The SMILES string of the molecule is CN=C(NCCCn1cccn1)NCC(C)c1ccsc1.I. The van der Waals surface area contributed by atoms with Crippen molar-refractivity contribution in [3.63, 3.8) is 0 Å². The van der Waals surface area contributed by atoms with Gasteiger partial charge in [0.25, 0.3) is 0 Å². The van der Waals surface area contributed by atoms with Crippen LogP contribution in [0.25, 0.3) is 0 Å². The van der Waals surface area contributed by atoms with Crippen LogP contribution in [-0.4, -0.2) is 35.9 Å². The Balaban J connectivity index is 0.00000242. The van der Waals surface area contributed by atoms with Crippen molar-refractivity contribution in [1.29, 1.82) is 0 Å². The molecule has 0 aromatic carbocycles. The zero-order valence-corrected chi connectivity index (χ0v) is 16.2. The van der Waals surface area contributed by atoms with Crippen molar-refractivity contribution >= 4 is 41.3 Å². The van der Waals surface area contributed by atoms with Crippen LogP contribution < -0.4 is 10.6 Å². The van der Waals surface area contributed by atoms with Gasteiger partial charge >= 0.3 is 0 Å². The number of halogens is 1. The Labute approximate surface area is 153 Å². The molecule has 2 aromatic rings. The number of aromatic nitrogens is 2. The second-order valence-corrected chi connectivity index (χ2v) is 5.74. The highest BCUT2D eigenvalue weighted by Crippen LogP contribution is 2.16. The lowest BCUT2D eigenvalue weighted by Crippen LogP contribution is -2.39. The minimum Gasteiger partial charge on any atom is -0.356 e. The molecule has 0 aliphatic rings. The van der Waals surface area contributed by atoms with E-state index in [1.54, 1.807) is 24.6 Å². The Morgan fingerprint density at radius 3 is 2.95 bits per heavy atom. The summed E-state index contributed by atoms with van der Waals surface area (Å²) in [5.41, 5.74) is 1.38. The predicted molar refractivity (Wildman–Crippen MR) is 104 cm³/mol. The molecule has 5 nitrogen and oxygen atoms in total. The third-order valence-electron chi connectivity index (χ3n) is 3.33. The Morgan fingerprint density at radius 2 is 2.32 bits per heavy atom. The first-order chi connectivity index (χ1) is 10.3. The lowest BCUT2D eigenvalue weighted by atomic mass is 10.1. The van der Waals surface area contributed by atoms with Gasteiger partial charge in [0.05, 0.1) is 0 Å². The van der Waals surface area contributed by atoms with Crippen LogP contribution in [0.2, 0.25) is 0 Å². The fourth-order valence-electron chi connectivity index (χ4n) is 2.02. The molecule has 1 unspecified atom stereocenters. The average molecular weight is 433 g/mol. The van der Waals surface area contributed by atoms with Gasteiger partial charge in [-0.2, -0.15) is 16.4 Å². The topological polar surface area (TPSA) is 54.2 Å². The molecule has 22 heavy (non-hydrogen) atoms. The molecule has 0 radical (unpaired) electrons. The van der Waals surface area contributed by atoms with Crippen molar-refractivity contribution in [2.24, 2.45) is 4.99 Å². The first-order valence-electron chi connectivity index (χ1n) is 7.23. The number of thiophene rings is 1. The van der Waals surface area contributed by atoms with E-state index >= 15 is 0 Å². The maximum atomic E-state index is 4.25. The quantitative estimate of drug-likeness (QED) is 0.306. The standard InChI is InChI=1S/C15H23N5S.HI/c1-13(14-5-10-21-12-14)11-18-15(16-2)17-6-3-8-20-9-4-7-19-20;/h4-5,7,9-10,12-13H,3,6,8,11H2,1-2H3,(H2,16,17,18);1H. The van der Waals surface area contributed by atoms with E-state index in [2.05, 4.69) is 44.5 Å². The van der Waals surface area contributed by atoms with E-state index in [9.17, 15) is 0 Å². The van der Waals surface area contributed by atoms with E-state index in [0.717, 1.165) is 32.0 Å². The van der Waals surface area contributed by atoms with Crippen LogP contribution in [0.15, 0.2) is 40.3 Å². The summed E-state index contributed by atoms with van der Waals surface area (Å²) in [5.74, 6) is 1.34. The molecule has 1 atom stereocenters. The molecule has 0 aliphatic heterocycles. The number of guanidine groups is 1. The van der Waals surface area contributed by atoms with Crippen LogP contribution >= 0.6 is 35.3 Å². The summed E-state index contributed by atoms with van der Waals surface area (Å²) in [6.07, 6.45) is 4.80. The number of hydrogen-bond acceptors (Lipinski definition) is 3. The zero-order chi connectivity index (χ0) is 14.9. The van der Waals surface area contributed by atoms with E-state index in [1.165, 1.54) is 5.56 Å². The van der Waals surface area contributed by atoms with Gasteiger partial charge in [-0.25, -0.2) is 0 Å². The highest BCUT2D eigenvalue weighted by atomic mass is 127. The van der Waals surface area contributed by atoms with Crippen LogP contribution in [0, 0.1) is 0 Å². The van der Waals surface area contributed by atoms with Crippen molar-refractivity contribution in [1.82, 2.24) is 20.4 Å². The van der Waals surface area contributed by atoms with E-state index in [0.29, 0.717) is 5.92 Å². The number of aliphatic imine (C=N–C) groups is 1. The molecule has 0 saturated carbocycles. The van der Waals surface area contributed by atoms with Gasteiger partial charge in [0.2, 0.25) is 0 Å². The van der Waals surface area contributed by atoms with Gasteiger partial charge in [-0.05, 0) is 40.8 Å². The van der Waals surface area contributed by atoms with Crippen molar-refractivity contribution < 1.29 is 0 Å². The van der Waals surface area contributed by atoms with E-state index in [1.807, 2.05) is 16.9 Å². The zero-order valence-electron chi connectivity index (χ0n) is 13.0. The third-order valence-corrected chi connectivity index (χ3v) is 4.03. The van der Waals surface area contributed by atoms with Crippen LogP contribution in [0.3, 0.4) is 0 Å². The van der Waals surface area contributed by atoms with Gasteiger partial charge in [0, 0.05) is 39.1 Å². The summed E-state index contributed by atoms with van der Waals surface area (Å²) in [7, 11) is 1.80. The van der Waals surface area contributed by atoms with Gasteiger partial charge in [0.1, 0.15) is 0 Å². The second kappa shape index (κ2) is 10.6. The van der Waals surface area contributed by atoms with Crippen molar-refractivity contribution in [3.8, 4) is 0 Å². The highest BCUT2D eigenvalue weighted by Gasteiger charge is 2.06. The molecule has 0 bridgehead atoms. The third kappa shape index (κ3) is 6.35. The van der Waals surface area contributed by atoms with E-state index in [4.69, 9.17) is 0 Å². The molecule has 0 saturated heterocycles. The molecule has 2 N–H and O–H groups in total. The number of rotatable bonds is 7. The minimum absolute atomic E-state index is 0. The molecule has 7 heteroatoms. The summed E-state index contributed by atoms with van der Waals surface area (Å²) >= 11 is 1.74. The largest absolute Gasteiger partial charge is 0.356 e. The molecule has 2 heterocycles. The Hall–Kier alpha value is -1.09. The normalized spacial score (nSPS) is 12.5. The molecular weight excluding hydrogens is 409 g/mol. The van der Waals surface area contributed by atoms with Crippen molar-refractivity contribution in [3.05, 3.63) is 40.8 Å². The molecule has 2 rings (SSSR count). The lowest BCUT2D eigenvalue weighted by molar-refractivity contribution is 0.569. The average Bonchev–Trinajstić information content (AvgIpc) is 3.19. The monoisotopic (exact) mass is 433 g/mol. The predicted octanol–water partition coefficient (Wildman–Crippen LogP) is 2.92. The Morgan fingerprint density at radius 1 is 1.45 bits per heavy atom. The molecule has 0 aliphatic carbocycles. The maximum absolute atomic E-state index is 4.25. The second-order valence-electron chi connectivity index (χ2n) is 4.96. The van der Waals surface area contributed by atoms with Crippen molar-refractivity contribution in [2.75, 3.05) is 20.1 Å². The fourth-order valence-corrected chi connectivity index (χ4v) is 2.81. The number of nitrogens with one attached hydrogen (secondary N) is 2. The highest BCUT2D eigenvalue weighted by molar-refractivity contribution is 14.0. The summed E-state index contributed by atoms with van der Waals surface area (Å²) < 4.78 is 1.94. The number of hydrogen-bond donors (Lipinski definition) is 2. The summed E-state index contributed by atoms with van der Waals surface area (Å²) in [5, 5.41) is 15.2. The van der Waals surface area contributed by atoms with E-state index < -0.39 is 0 Å². The van der Waals surface area contributed by atoms with Crippen LogP contribution in [0.4, 0.5) is 0 Å². The van der Waals surface area contributed by atoms with Gasteiger partial charge < -0.3 is 10.6 Å². The Kier molecular flexibility index (Phi) is 9.14. The molecule has 122 valence electrons. The smallest absolute Gasteiger partial charge is 0.190 e. The Bertz CT molecular complexity index is 524. The minimum atomic E-state index is 0. The summed E-state index contributed by atoms with van der Waals surface area (Å²) in [6.45, 7) is 4.91. The van der Waals surface area contributed by atoms with Crippen molar-refractivity contribution in [2.45, 2.75) is 25.8 Å². The van der Waals surface area contributed by atoms with Gasteiger partial charge in [-0.1, -0.05) is 6.92 Å². The molecule has 0 fully saturated rings. The summed E-state index contributed by atoms with van der Waals surface area (Å²) in [4.78, 5) is 4.25.